The van der Waals surface area contributed by atoms with Crippen LogP contribution in [-0.2, 0) is 4.79 Å². The van der Waals surface area contributed by atoms with Crippen molar-refractivity contribution in [2.45, 2.75) is 18.6 Å². The molecule has 0 heterocycles. The van der Waals surface area contributed by atoms with Crippen LogP contribution in [-0.4, -0.2) is 11.2 Å². The van der Waals surface area contributed by atoms with Crippen LogP contribution < -0.4 is 39.8 Å². The van der Waals surface area contributed by atoms with Gasteiger partial charge in [-0.25, -0.2) is 0 Å². The second-order valence-corrected chi connectivity index (χ2v) is 2.19. The normalized spacial score (nSPS) is 11.8. The molecule has 1 atom stereocenters. The van der Waals surface area contributed by atoms with Crippen molar-refractivity contribution in [2.24, 2.45) is 5.14 Å². The van der Waals surface area contributed by atoms with Crippen molar-refractivity contribution in [3.63, 3.8) is 0 Å². The van der Waals surface area contributed by atoms with Crippen LogP contribution in [0.1, 0.15) is 13.3 Å². The molecular weight excluding hydrogens is 149 g/mol. The smallest absolute Gasteiger partial charge is 0.549 e. The van der Waals surface area contributed by atoms with Gasteiger partial charge in [0.05, 0.1) is 11.2 Å². The number of nitrogens with two attached hydrogens (primary N) is 1. The molecule has 0 saturated carbocycles. The van der Waals surface area contributed by atoms with E-state index in [1.54, 1.807) is 6.92 Å². The standard InChI is InChI=1S/C4H9NO2S.Na/c1-2-3(8-5)4(6)7;/h3H,2,5H2,1H3,(H,6,7);/q;+1/p-1. The van der Waals surface area contributed by atoms with Crippen molar-refractivity contribution in [1.29, 1.82) is 0 Å². The monoisotopic (exact) mass is 157 g/mol. The summed E-state index contributed by atoms with van der Waals surface area (Å²) in [6, 6.07) is 0. The quantitative estimate of drug-likeness (QED) is 0.336. The van der Waals surface area contributed by atoms with Crippen LogP contribution in [0.2, 0.25) is 0 Å². The van der Waals surface area contributed by atoms with E-state index in [-0.39, 0.29) is 29.6 Å². The van der Waals surface area contributed by atoms with Gasteiger partial charge in [-0.1, -0.05) is 18.9 Å². The van der Waals surface area contributed by atoms with Crippen LogP contribution in [0.25, 0.3) is 0 Å². The Morgan fingerprint density at radius 2 is 2.33 bits per heavy atom. The van der Waals surface area contributed by atoms with Crippen molar-refractivity contribution < 1.29 is 39.5 Å². The zero-order valence-corrected chi connectivity index (χ0v) is 8.40. The summed E-state index contributed by atoms with van der Waals surface area (Å²) in [5.74, 6) is -1.08. The number of carboxylic acids is 1. The molecule has 0 fully saturated rings. The maximum Gasteiger partial charge on any atom is 1.00 e. The van der Waals surface area contributed by atoms with Crippen molar-refractivity contribution >= 4 is 17.9 Å². The van der Waals surface area contributed by atoms with Crippen LogP contribution in [0.5, 0.6) is 0 Å². The Morgan fingerprint density at radius 1 is 1.89 bits per heavy atom. The van der Waals surface area contributed by atoms with E-state index < -0.39 is 11.2 Å². The first-order chi connectivity index (χ1) is 3.72. The molecule has 48 valence electrons. The fourth-order valence-corrected chi connectivity index (χ4v) is 0.622. The van der Waals surface area contributed by atoms with Gasteiger partial charge in [-0.3, -0.25) is 5.14 Å². The Labute approximate surface area is 80.8 Å². The van der Waals surface area contributed by atoms with E-state index in [0.717, 1.165) is 11.9 Å². The summed E-state index contributed by atoms with van der Waals surface area (Å²) in [5, 5.41) is 14.4. The van der Waals surface area contributed by atoms with Crippen molar-refractivity contribution in [3.05, 3.63) is 0 Å². The molecule has 0 saturated heterocycles. The van der Waals surface area contributed by atoms with Crippen LogP contribution >= 0.6 is 11.9 Å². The number of carbonyl (C=O) groups is 1. The third kappa shape index (κ3) is 5.24. The van der Waals surface area contributed by atoms with Crippen molar-refractivity contribution in [1.82, 2.24) is 0 Å². The summed E-state index contributed by atoms with van der Waals surface area (Å²) >= 11 is 0.816. The Morgan fingerprint density at radius 3 is 2.33 bits per heavy atom. The molecule has 5 heteroatoms. The largest absolute Gasteiger partial charge is 1.00 e. The Bertz CT molecular complexity index is 86.6. The van der Waals surface area contributed by atoms with E-state index in [4.69, 9.17) is 5.14 Å². The molecule has 0 aromatic carbocycles. The molecule has 3 nitrogen and oxygen atoms in total. The van der Waals surface area contributed by atoms with E-state index >= 15 is 0 Å². The zero-order valence-electron chi connectivity index (χ0n) is 5.59. The van der Waals surface area contributed by atoms with Gasteiger partial charge < -0.3 is 9.90 Å². The second-order valence-electron chi connectivity index (χ2n) is 1.35. The Kier molecular flexibility index (Phi) is 9.54. The Balaban J connectivity index is 0. The van der Waals surface area contributed by atoms with Gasteiger partial charge in [-0.15, -0.1) is 0 Å². The minimum atomic E-state index is -1.08. The molecule has 0 aliphatic heterocycles. The maximum absolute atomic E-state index is 9.95. The molecule has 0 aromatic heterocycles. The van der Waals surface area contributed by atoms with Gasteiger partial charge in [0, 0.05) is 0 Å². The van der Waals surface area contributed by atoms with E-state index in [1.807, 2.05) is 0 Å². The average molecular weight is 157 g/mol. The van der Waals surface area contributed by atoms with Gasteiger partial charge in [0.1, 0.15) is 0 Å². The van der Waals surface area contributed by atoms with Crippen LogP contribution in [0, 0.1) is 0 Å². The first-order valence-corrected chi connectivity index (χ1v) is 3.23. The van der Waals surface area contributed by atoms with Crippen molar-refractivity contribution in [2.75, 3.05) is 0 Å². The number of carboxylic acid groups (broad SMARTS) is 1. The molecule has 0 rings (SSSR count). The molecule has 0 aliphatic carbocycles. The van der Waals surface area contributed by atoms with Crippen LogP contribution in [0.4, 0.5) is 0 Å². The molecule has 1 unspecified atom stereocenters. The summed E-state index contributed by atoms with van der Waals surface area (Å²) < 4.78 is 0. The van der Waals surface area contributed by atoms with Crippen LogP contribution in [0.3, 0.4) is 0 Å². The fourth-order valence-electron chi connectivity index (χ4n) is 0.318. The molecule has 9 heavy (non-hydrogen) atoms. The number of aliphatic carboxylic acids is 1. The van der Waals surface area contributed by atoms with E-state index in [1.165, 1.54) is 0 Å². The second kappa shape index (κ2) is 6.89. The molecule has 0 amide bonds. The van der Waals surface area contributed by atoms with Gasteiger partial charge in [0.15, 0.2) is 0 Å². The summed E-state index contributed by atoms with van der Waals surface area (Å²) in [6.45, 7) is 1.75. The minimum Gasteiger partial charge on any atom is -0.549 e. The van der Waals surface area contributed by atoms with Gasteiger partial charge in [0.2, 0.25) is 0 Å². The average Bonchev–Trinajstić information content (AvgIpc) is 1.69. The predicted octanol–water partition coefficient (Wildman–Crippen LogP) is -3.87. The van der Waals surface area contributed by atoms with Crippen LogP contribution in [0.15, 0.2) is 0 Å². The molecule has 0 radical (unpaired) electrons. The number of rotatable bonds is 3. The van der Waals surface area contributed by atoms with E-state index in [0.29, 0.717) is 6.42 Å². The third-order valence-corrected chi connectivity index (χ3v) is 1.65. The number of carbonyl (C=O) groups excluding carboxylic acids is 1. The number of hydrogen-bond donors (Lipinski definition) is 1. The fraction of sp³-hybridized carbons (Fsp3) is 0.750. The first-order valence-electron chi connectivity index (χ1n) is 2.28. The summed E-state index contributed by atoms with van der Waals surface area (Å²) in [4.78, 5) is 9.95. The molecule has 0 aromatic rings. The van der Waals surface area contributed by atoms with Gasteiger partial charge in [-0.2, -0.15) is 0 Å². The molecule has 0 bridgehead atoms. The molecule has 0 aliphatic rings. The zero-order chi connectivity index (χ0) is 6.57. The van der Waals surface area contributed by atoms with Crippen molar-refractivity contribution in [3.8, 4) is 0 Å². The molecule has 0 spiro atoms. The molecule has 2 N–H and O–H groups in total. The predicted molar refractivity (Wildman–Crippen MR) is 30.9 cm³/mol. The van der Waals surface area contributed by atoms with E-state index in [9.17, 15) is 9.90 Å². The summed E-state index contributed by atoms with van der Waals surface area (Å²) in [6.07, 6.45) is 0.517. The topological polar surface area (TPSA) is 66.2 Å². The summed E-state index contributed by atoms with van der Waals surface area (Å²) in [5.41, 5.74) is 0. The van der Waals surface area contributed by atoms with E-state index in [2.05, 4.69) is 0 Å². The maximum atomic E-state index is 9.95. The molecular formula is C4H8NNaO2S. The summed E-state index contributed by atoms with van der Waals surface area (Å²) in [7, 11) is 0. The van der Waals surface area contributed by atoms with Gasteiger partial charge in [0.25, 0.3) is 0 Å². The first kappa shape index (κ1) is 12.5. The Hall–Kier alpha value is 0.780. The minimum absolute atomic E-state index is 0. The number of hydrogen-bond acceptors (Lipinski definition) is 4. The van der Waals surface area contributed by atoms with Gasteiger partial charge in [-0.05, 0) is 6.42 Å². The third-order valence-electron chi connectivity index (χ3n) is 0.798. The van der Waals surface area contributed by atoms with Gasteiger partial charge >= 0.3 is 29.6 Å². The SMILES string of the molecule is CCC(SN)C(=O)[O-].[Na+].